The van der Waals surface area contributed by atoms with Gasteiger partial charge >= 0.3 is 0 Å². The summed E-state index contributed by atoms with van der Waals surface area (Å²) in [7, 11) is 1.68. The van der Waals surface area contributed by atoms with Gasteiger partial charge in [-0.2, -0.15) is 4.80 Å². The van der Waals surface area contributed by atoms with Crippen molar-refractivity contribution >= 4 is 21.6 Å². The molecule has 2 aromatic rings. The average Bonchev–Trinajstić information content (AvgIpc) is 2.63. The molecule has 2 rings (SSSR count). The van der Waals surface area contributed by atoms with Crippen LogP contribution in [-0.2, 0) is 13.6 Å². The van der Waals surface area contributed by atoms with Crippen LogP contribution in [0.25, 0.3) is 0 Å². The van der Waals surface area contributed by atoms with Crippen LogP contribution in [0.15, 0.2) is 22.7 Å². The lowest BCUT2D eigenvalue weighted by atomic mass is 10.3. The van der Waals surface area contributed by atoms with Crippen LogP contribution in [0.4, 0.5) is 10.1 Å². The first-order valence-corrected chi connectivity index (χ1v) is 5.37. The highest BCUT2D eigenvalue weighted by Gasteiger charge is 2.07. The number of tetrazole rings is 1. The minimum absolute atomic E-state index is 0.321. The molecule has 0 saturated carbocycles. The molecule has 0 amide bonds. The molecule has 7 heteroatoms. The van der Waals surface area contributed by atoms with Crippen molar-refractivity contribution in [2.45, 2.75) is 6.54 Å². The Bertz CT molecular complexity index is 478. The third kappa shape index (κ3) is 2.35. The predicted molar refractivity (Wildman–Crippen MR) is 60.2 cm³/mol. The number of benzene rings is 1. The number of anilines is 1. The summed E-state index contributed by atoms with van der Waals surface area (Å²) in [5, 5.41) is 14.4. The number of nitrogens with one attached hydrogen (secondary N) is 1. The third-order valence-corrected chi connectivity index (χ3v) is 2.60. The number of nitrogens with zero attached hydrogens (tertiary/aromatic N) is 4. The molecule has 1 heterocycles. The lowest BCUT2D eigenvalue weighted by molar-refractivity contribution is 0.626. The van der Waals surface area contributed by atoms with Crippen LogP contribution in [0.1, 0.15) is 5.82 Å². The molecule has 1 aromatic carbocycles. The number of halogens is 2. The fourth-order valence-corrected chi connectivity index (χ4v) is 1.71. The Hall–Kier alpha value is -1.50. The van der Waals surface area contributed by atoms with Crippen LogP contribution >= 0.6 is 15.9 Å². The first-order valence-electron chi connectivity index (χ1n) is 4.57. The van der Waals surface area contributed by atoms with Gasteiger partial charge in [0.2, 0.25) is 0 Å². The highest BCUT2D eigenvalue weighted by atomic mass is 79.9. The van der Waals surface area contributed by atoms with E-state index in [1.165, 1.54) is 10.9 Å². The van der Waals surface area contributed by atoms with Gasteiger partial charge in [-0.1, -0.05) is 6.07 Å². The molecule has 0 radical (unpaired) electrons. The van der Waals surface area contributed by atoms with Gasteiger partial charge in [0.1, 0.15) is 5.82 Å². The molecule has 0 bridgehead atoms. The van der Waals surface area contributed by atoms with Gasteiger partial charge in [-0.15, -0.1) is 10.2 Å². The molecule has 84 valence electrons. The molecular weight excluding hydrogens is 277 g/mol. The first-order chi connectivity index (χ1) is 7.66. The van der Waals surface area contributed by atoms with Crippen molar-refractivity contribution in [3.63, 3.8) is 0 Å². The Morgan fingerprint density at radius 3 is 2.94 bits per heavy atom. The van der Waals surface area contributed by atoms with Gasteiger partial charge in [-0.05, 0) is 33.3 Å². The highest BCUT2D eigenvalue weighted by Crippen LogP contribution is 2.25. The summed E-state index contributed by atoms with van der Waals surface area (Å²) in [6.07, 6.45) is 0. The van der Waals surface area contributed by atoms with Crippen molar-refractivity contribution < 1.29 is 4.39 Å². The Kier molecular flexibility index (Phi) is 3.14. The number of para-hydroxylation sites is 1. The van der Waals surface area contributed by atoms with Crippen molar-refractivity contribution in [3.8, 4) is 0 Å². The minimum atomic E-state index is -0.321. The normalized spacial score (nSPS) is 10.4. The lowest BCUT2D eigenvalue weighted by Crippen LogP contribution is -2.04. The Labute approximate surface area is 99.8 Å². The van der Waals surface area contributed by atoms with Gasteiger partial charge in [0.05, 0.1) is 19.3 Å². The molecule has 1 N–H and O–H groups in total. The van der Waals surface area contributed by atoms with E-state index in [4.69, 9.17) is 0 Å². The maximum atomic E-state index is 13.4. The van der Waals surface area contributed by atoms with E-state index in [0.717, 1.165) is 0 Å². The molecule has 16 heavy (non-hydrogen) atoms. The summed E-state index contributed by atoms with van der Waals surface area (Å²) in [5.41, 5.74) is 0.398. The number of aryl methyl sites for hydroxylation is 1. The zero-order chi connectivity index (χ0) is 11.5. The molecule has 5 nitrogen and oxygen atoms in total. The number of rotatable bonds is 3. The SMILES string of the molecule is Cn1nnc(CNc2c(F)cccc2Br)n1. The summed E-state index contributed by atoms with van der Waals surface area (Å²) < 4.78 is 14.1. The molecule has 0 fully saturated rings. The zero-order valence-electron chi connectivity index (χ0n) is 8.48. The van der Waals surface area contributed by atoms with E-state index in [1.54, 1.807) is 19.2 Å². The monoisotopic (exact) mass is 285 g/mol. The summed E-state index contributed by atoms with van der Waals surface area (Å²) in [6.45, 7) is 0.327. The molecule has 0 aliphatic carbocycles. The Morgan fingerprint density at radius 1 is 1.50 bits per heavy atom. The first kappa shape index (κ1) is 11.0. The van der Waals surface area contributed by atoms with E-state index in [-0.39, 0.29) is 5.82 Å². The molecule has 0 aliphatic heterocycles. The minimum Gasteiger partial charge on any atom is -0.374 e. The van der Waals surface area contributed by atoms with Gasteiger partial charge in [0, 0.05) is 4.47 Å². The third-order valence-electron chi connectivity index (χ3n) is 1.94. The molecule has 0 saturated heterocycles. The van der Waals surface area contributed by atoms with Gasteiger partial charge in [-0.25, -0.2) is 4.39 Å². The van der Waals surface area contributed by atoms with E-state index >= 15 is 0 Å². The molecule has 0 atom stereocenters. The number of aromatic nitrogens is 4. The van der Waals surface area contributed by atoms with Crippen molar-refractivity contribution in [2.24, 2.45) is 7.05 Å². The standard InChI is InChI=1S/C9H9BrFN5/c1-16-14-8(13-15-16)5-12-9-6(10)3-2-4-7(9)11/h2-4,12H,5H2,1H3. The largest absolute Gasteiger partial charge is 0.374 e. The van der Waals surface area contributed by atoms with E-state index in [1.807, 2.05) is 0 Å². The smallest absolute Gasteiger partial charge is 0.193 e. The Morgan fingerprint density at radius 2 is 2.31 bits per heavy atom. The van der Waals surface area contributed by atoms with Crippen LogP contribution in [0.3, 0.4) is 0 Å². The summed E-state index contributed by atoms with van der Waals surface area (Å²) in [4.78, 5) is 1.35. The van der Waals surface area contributed by atoms with Gasteiger partial charge in [0.15, 0.2) is 5.82 Å². The zero-order valence-corrected chi connectivity index (χ0v) is 10.1. The second-order valence-electron chi connectivity index (χ2n) is 3.15. The molecule has 1 aromatic heterocycles. The van der Waals surface area contributed by atoms with E-state index in [9.17, 15) is 4.39 Å². The van der Waals surface area contributed by atoms with Crippen molar-refractivity contribution in [1.29, 1.82) is 0 Å². The quantitative estimate of drug-likeness (QED) is 0.933. The van der Waals surface area contributed by atoms with Crippen LogP contribution in [0, 0.1) is 5.82 Å². The van der Waals surface area contributed by atoms with Crippen LogP contribution in [0.2, 0.25) is 0 Å². The molecule has 0 aliphatic rings. The molecular formula is C9H9BrFN5. The topological polar surface area (TPSA) is 55.6 Å². The van der Waals surface area contributed by atoms with E-state index in [2.05, 4.69) is 36.7 Å². The van der Waals surface area contributed by atoms with Gasteiger partial charge in [-0.3, -0.25) is 0 Å². The predicted octanol–water partition coefficient (Wildman–Crippen LogP) is 1.72. The van der Waals surface area contributed by atoms with Gasteiger partial charge in [0.25, 0.3) is 0 Å². The summed E-state index contributed by atoms with van der Waals surface area (Å²) >= 11 is 3.26. The van der Waals surface area contributed by atoms with Crippen LogP contribution in [-0.4, -0.2) is 20.2 Å². The van der Waals surface area contributed by atoms with E-state index < -0.39 is 0 Å². The fraction of sp³-hybridized carbons (Fsp3) is 0.222. The summed E-state index contributed by atoms with van der Waals surface area (Å²) in [6, 6.07) is 4.78. The summed E-state index contributed by atoms with van der Waals surface area (Å²) in [5.74, 6) is 0.191. The Balaban J connectivity index is 2.10. The number of hydrogen-bond donors (Lipinski definition) is 1. The fourth-order valence-electron chi connectivity index (χ4n) is 1.23. The van der Waals surface area contributed by atoms with Crippen molar-refractivity contribution in [3.05, 3.63) is 34.3 Å². The average molecular weight is 286 g/mol. The molecule has 0 spiro atoms. The maximum Gasteiger partial charge on any atom is 0.193 e. The second-order valence-corrected chi connectivity index (χ2v) is 4.00. The van der Waals surface area contributed by atoms with Gasteiger partial charge < -0.3 is 5.32 Å². The van der Waals surface area contributed by atoms with Crippen LogP contribution in [0.5, 0.6) is 0 Å². The number of hydrogen-bond acceptors (Lipinski definition) is 4. The van der Waals surface area contributed by atoms with Crippen LogP contribution < -0.4 is 5.32 Å². The molecule has 0 unspecified atom stereocenters. The lowest BCUT2D eigenvalue weighted by Gasteiger charge is -2.06. The maximum absolute atomic E-state index is 13.4. The second kappa shape index (κ2) is 4.56. The van der Waals surface area contributed by atoms with E-state index in [0.29, 0.717) is 22.5 Å². The van der Waals surface area contributed by atoms with Crippen molar-refractivity contribution in [1.82, 2.24) is 20.2 Å². The van der Waals surface area contributed by atoms with Crippen molar-refractivity contribution in [2.75, 3.05) is 5.32 Å². The highest BCUT2D eigenvalue weighted by molar-refractivity contribution is 9.10.